The molecule has 0 saturated carbocycles. The molecule has 4 aromatic carbocycles. The summed E-state index contributed by atoms with van der Waals surface area (Å²) in [5.74, 6) is -1.92. The van der Waals surface area contributed by atoms with E-state index in [0.29, 0.717) is 27.0 Å². The number of esters is 2. The van der Waals surface area contributed by atoms with Crippen molar-refractivity contribution < 1.29 is 57.9 Å². The van der Waals surface area contributed by atoms with Gasteiger partial charge in [-0.3, -0.25) is 14.6 Å². The van der Waals surface area contributed by atoms with Crippen molar-refractivity contribution in [1.29, 1.82) is 0 Å². The van der Waals surface area contributed by atoms with E-state index in [4.69, 9.17) is 58.5 Å². The third-order valence-electron chi connectivity index (χ3n) is 9.42. The van der Waals surface area contributed by atoms with E-state index in [2.05, 4.69) is 0 Å². The number of benzene rings is 4. The van der Waals surface area contributed by atoms with Crippen LogP contribution in [0.25, 0.3) is 0 Å². The lowest BCUT2D eigenvalue weighted by molar-refractivity contribution is -0.157. The quantitative estimate of drug-likeness (QED) is 0.0414. The van der Waals surface area contributed by atoms with E-state index in [1.165, 1.54) is 36.4 Å². The zero-order valence-corrected chi connectivity index (χ0v) is 38.0. The Bertz CT molecular complexity index is 2500. The molecular formula is C45H43Cl3N2O12S. The van der Waals surface area contributed by atoms with Crippen molar-refractivity contribution in [1.82, 2.24) is 0 Å². The van der Waals surface area contributed by atoms with Crippen LogP contribution in [0.5, 0.6) is 34.5 Å². The number of amides is 2. The molecule has 2 N–H and O–H groups in total. The number of carbonyl (C=O) groups is 5. The number of hydrogen-bond acceptors (Lipinski definition) is 13. The second-order valence-electron chi connectivity index (χ2n) is 13.9. The van der Waals surface area contributed by atoms with Gasteiger partial charge in [0.05, 0.1) is 43.7 Å². The Hall–Kier alpha value is -6.00. The van der Waals surface area contributed by atoms with E-state index in [-0.39, 0.29) is 74.0 Å². The number of phenols is 2. The number of ketones is 1. The van der Waals surface area contributed by atoms with Gasteiger partial charge in [-0.05, 0) is 124 Å². The molecule has 5 rings (SSSR count). The smallest absolute Gasteiger partial charge is 0.414 e. The summed E-state index contributed by atoms with van der Waals surface area (Å²) in [6.07, 6.45) is -1.10. The average Bonchev–Trinajstić information content (AvgIpc) is 3.68. The number of anilines is 2. The van der Waals surface area contributed by atoms with Gasteiger partial charge >= 0.3 is 24.1 Å². The summed E-state index contributed by atoms with van der Waals surface area (Å²) in [4.78, 5) is 68.1. The second-order valence-corrected chi connectivity index (χ2v) is 16.4. The number of halogens is 3. The molecule has 2 amide bonds. The Morgan fingerprint density at radius 1 is 0.667 bits per heavy atom. The van der Waals surface area contributed by atoms with E-state index >= 15 is 0 Å². The van der Waals surface area contributed by atoms with E-state index in [0.717, 1.165) is 33.1 Å². The summed E-state index contributed by atoms with van der Waals surface area (Å²) < 4.78 is 28.0. The van der Waals surface area contributed by atoms with Crippen LogP contribution in [0.4, 0.5) is 21.0 Å². The van der Waals surface area contributed by atoms with Crippen LogP contribution in [0.1, 0.15) is 72.0 Å². The largest absolute Gasteiger partial charge is 0.508 e. The first-order valence-electron chi connectivity index (χ1n) is 19.5. The molecule has 332 valence electrons. The third kappa shape index (κ3) is 11.9. The normalized spacial score (nSPS) is 11.3. The fourth-order valence-corrected chi connectivity index (χ4v) is 7.75. The summed E-state index contributed by atoms with van der Waals surface area (Å²) in [5.41, 5.74) is 2.07. The Balaban J connectivity index is 1.32. The highest BCUT2D eigenvalue weighted by Crippen LogP contribution is 2.42. The molecule has 18 heteroatoms. The van der Waals surface area contributed by atoms with Gasteiger partial charge in [-0.2, -0.15) is 0 Å². The molecule has 0 spiro atoms. The summed E-state index contributed by atoms with van der Waals surface area (Å²) in [6, 6.07) is 17.7. The lowest BCUT2D eigenvalue weighted by atomic mass is 9.97. The number of aryl methyl sites for hydroxylation is 2. The van der Waals surface area contributed by atoms with Crippen molar-refractivity contribution in [2.24, 2.45) is 0 Å². The van der Waals surface area contributed by atoms with Crippen LogP contribution in [0.15, 0.2) is 72.8 Å². The highest BCUT2D eigenvalue weighted by Gasteiger charge is 2.29. The molecule has 0 fully saturated rings. The molecule has 0 saturated heterocycles. The molecule has 5 aromatic rings. The van der Waals surface area contributed by atoms with Crippen LogP contribution in [0, 0.1) is 13.8 Å². The third-order valence-corrected chi connectivity index (χ3v) is 11.2. The molecule has 0 aliphatic heterocycles. The second kappa shape index (κ2) is 21.4. The minimum absolute atomic E-state index is 0.0216. The fourth-order valence-electron chi connectivity index (χ4n) is 6.20. The Morgan fingerprint density at radius 2 is 1.17 bits per heavy atom. The van der Waals surface area contributed by atoms with Gasteiger partial charge < -0.3 is 33.9 Å². The molecule has 1 aromatic heterocycles. The number of hydrogen-bond donors (Lipinski definition) is 2. The molecular weight excluding hydrogens is 899 g/mol. The summed E-state index contributed by atoms with van der Waals surface area (Å²) in [7, 11) is 0. The van der Waals surface area contributed by atoms with Crippen molar-refractivity contribution in [3.63, 3.8) is 0 Å². The van der Waals surface area contributed by atoms with Crippen molar-refractivity contribution in [3.05, 3.63) is 114 Å². The zero-order valence-electron chi connectivity index (χ0n) is 35.0. The Labute approximate surface area is 382 Å². The maximum Gasteiger partial charge on any atom is 0.414 e. The van der Waals surface area contributed by atoms with Gasteiger partial charge in [-0.15, -0.1) is 11.3 Å². The predicted octanol–water partition coefficient (Wildman–Crippen LogP) is 11.8. The van der Waals surface area contributed by atoms with Crippen LogP contribution in [0.3, 0.4) is 0 Å². The predicted molar refractivity (Wildman–Crippen MR) is 240 cm³/mol. The average molecular weight is 942 g/mol. The van der Waals surface area contributed by atoms with Crippen LogP contribution >= 0.6 is 46.1 Å². The van der Waals surface area contributed by atoms with Gasteiger partial charge in [0.2, 0.25) is 5.78 Å². The monoisotopic (exact) mass is 940 g/mol. The molecule has 0 bridgehead atoms. The first-order chi connectivity index (χ1) is 29.9. The molecule has 1 heterocycles. The number of thiophene rings is 1. The lowest BCUT2D eigenvalue weighted by Gasteiger charge is -2.24. The highest BCUT2D eigenvalue weighted by atomic mass is 35.5. The van der Waals surface area contributed by atoms with E-state index in [1.807, 2.05) is 13.8 Å². The minimum atomic E-state index is -1.19. The van der Waals surface area contributed by atoms with Gasteiger partial charge in [0.1, 0.15) is 41.8 Å². The van der Waals surface area contributed by atoms with Crippen molar-refractivity contribution in [2.45, 2.75) is 53.9 Å². The van der Waals surface area contributed by atoms with E-state index in [9.17, 15) is 34.2 Å². The number of carbonyl (C=O) groups excluding carboxylic acids is 5. The van der Waals surface area contributed by atoms with Gasteiger partial charge in [0.25, 0.3) is 0 Å². The van der Waals surface area contributed by atoms with Crippen molar-refractivity contribution >= 4 is 87.4 Å². The van der Waals surface area contributed by atoms with Gasteiger partial charge in [-0.25, -0.2) is 19.2 Å². The van der Waals surface area contributed by atoms with Crippen LogP contribution in [0.2, 0.25) is 14.4 Å². The van der Waals surface area contributed by atoms with Crippen LogP contribution in [-0.4, -0.2) is 66.4 Å². The number of aromatic hydroxyl groups is 2. The minimum Gasteiger partial charge on any atom is -0.508 e. The maximum atomic E-state index is 13.3. The maximum absolute atomic E-state index is 13.3. The van der Waals surface area contributed by atoms with Gasteiger partial charge in [-0.1, -0.05) is 48.7 Å². The molecule has 63 heavy (non-hydrogen) atoms. The Morgan fingerprint density at radius 3 is 1.68 bits per heavy atom. The molecule has 1 atom stereocenters. The molecule has 0 aliphatic rings. The van der Waals surface area contributed by atoms with Crippen LogP contribution in [-0.2, 0) is 23.8 Å². The van der Waals surface area contributed by atoms with Crippen molar-refractivity contribution in [2.75, 3.05) is 36.1 Å². The molecule has 14 nitrogen and oxygen atoms in total. The fraction of sp³-hybridized carbons (Fsp3) is 0.267. The van der Waals surface area contributed by atoms with E-state index in [1.54, 1.807) is 64.1 Å². The topological polar surface area (TPSA) is 178 Å². The standard InChI is InChI=1S/C45H43Cl3N2O12S/c1-7-24(4)31-20-29(10-12-35(31)51)60-42-25(5)16-27(17-26(42)6)49(44(56)58-8-2)22-39(53)62-40(54)23-50(45(57)59-9-3)28-18-33(46)43(34(47)19-28)61-30-11-13-36(52)32(21-30)41(55)37-14-15-38(48)63-37/h10-21,24,51-52H,7-9,22-23H2,1-6H3. The Kier molecular flexibility index (Phi) is 16.3. The lowest BCUT2D eigenvalue weighted by Crippen LogP contribution is -2.41. The SMILES string of the molecule is CCOC(=O)N(CC(=O)OC(=O)CN(C(=O)OCC)c1cc(Cl)c(Oc2ccc(O)c(C(=O)c3ccc(Cl)s3)c2)c(Cl)c1)c1cc(C)c(Oc2ccc(O)c(C(C)CC)c2)c(C)c1. The number of nitrogens with zero attached hydrogens (tertiary/aromatic N) is 2. The number of ether oxygens (including phenoxy) is 5. The van der Waals surface area contributed by atoms with Crippen LogP contribution < -0.4 is 19.3 Å². The number of phenolic OH excluding ortho intramolecular Hbond substituents is 2. The zero-order chi connectivity index (χ0) is 46.1. The molecule has 1 unspecified atom stereocenters. The molecule has 0 radical (unpaired) electrons. The summed E-state index contributed by atoms with van der Waals surface area (Å²) in [5, 5.41) is 20.5. The molecule has 0 aliphatic carbocycles. The van der Waals surface area contributed by atoms with Gasteiger partial charge in [0.15, 0.2) is 5.75 Å². The van der Waals surface area contributed by atoms with Crippen molar-refractivity contribution in [3.8, 4) is 34.5 Å². The van der Waals surface area contributed by atoms with E-state index < -0.39 is 43.0 Å². The first kappa shape index (κ1) is 48.0. The summed E-state index contributed by atoms with van der Waals surface area (Å²) >= 11 is 20.2. The summed E-state index contributed by atoms with van der Waals surface area (Å²) in [6.45, 7) is 8.94. The number of rotatable bonds is 16. The highest BCUT2D eigenvalue weighted by molar-refractivity contribution is 7.18. The van der Waals surface area contributed by atoms with Gasteiger partial charge in [0, 0.05) is 11.3 Å². The first-order valence-corrected chi connectivity index (χ1v) is 21.4.